The van der Waals surface area contributed by atoms with E-state index in [4.69, 9.17) is 4.74 Å². The zero-order valence-electron chi connectivity index (χ0n) is 20.3. The van der Waals surface area contributed by atoms with Crippen molar-refractivity contribution in [1.82, 2.24) is 9.88 Å². The number of likely N-dealkylation sites (tertiary alicyclic amines) is 1. The summed E-state index contributed by atoms with van der Waals surface area (Å²) in [7, 11) is 0. The van der Waals surface area contributed by atoms with Crippen LogP contribution in [0.2, 0.25) is 0 Å². The number of aromatic carboxylic acids is 1. The third kappa shape index (κ3) is 4.47. The van der Waals surface area contributed by atoms with Crippen LogP contribution in [0.15, 0.2) is 72.9 Å². The van der Waals surface area contributed by atoms with Crippen molar-refractivity contribution in [2.75, 3.05) is 6.54 Å². The van der Waals surface area contributed by atoms with Gasteiger partial charge >= 0.3 is 5.97 Å². The molecule has 3 aromatic rings. The highest BCUT2D eigenvalue weighted by atomic mass is 16.5. The Morgan fingerprint density at radius 1 is 1.08 bits per heavy atom. The lowest BCUT2D eigenvalue weighted by atomic mass is 9.88. The molecule has 6 rings (SSSR count). The minimum absolute atomic E-state index is 0.159. The molecule has 0 amide bonds. The fraction of sp³-hybridized carbons (Fsp3) is 0.290. The number of carboxylic acids is 1. The second kappa shape index (κ2) is 9.75. The Balaban J connectivity index is 1.21. The molecule has 0 radical (unpaired) electrons. The summed E-state index contributed by atoms with van der Waals surface area (Å²) >= 11 is 0. The van der Waals surface area contributed by atoms with Crippen LogP contribution in [0, 0.1) is 0 Å². The number of allylic oxidation sites excluding steroid dienone is 2. The van der Waals surface area contributed by atoms with Crippen molar-refractivity contribution in [3.63, 3.8) is 0 Å². The molecular weight excluding hydrogens is 448 g/mol. The van der Waals surface area contributed by atoms with E-state index in [2.05, 4.69) is 52.4 Å². The third-order valence-corrected chi connectivity index (χ3v) is 7.73. The average molecular weight is 479 g/mol. The summed E-state index contributed by atoms with van der Waals surface area (Å²) < 4.78 is 6.08. The van der Waals surface area contributed by atoms with Gasteiger partial charge in [0.2, 0.25) is 0 Å². The molecule has 2 aliphatic carbocycles. The molecule has 182 valence electrons. The van der Waals surface area contributed by atoms with Crippen LogP contribution in [0.25, 0.3) is 11.6 Å². The largest absolute Gasteiger partial charge is 0.478 e. The Hall–Kier alpha value is -3.70. The van der Waals surface area contributed by atoms with Crippen LogP contribution in [0.1, 0.15) is 70.9 Å². The van der Waals surface area contributed by atoms with Crippen molar-refractivity contribution in [2.24, 2.45) is 0 Å². The molecule has 36 heavy (non-hydrogen) atoms. The zero-order valence-corrected chi connectivity index (χ0v) is 20.3. The van der Waals surface area contributed by atoms with E-state index in [-0.39, 0.29) is 5.56 Å². The van der Waals surface area contributed by atoms with Crippen LogP contribution in [0.4, 0.5) is 0 Å². The second-order valence-electron chi connectivity index (χ2n) is 9.90. The number of carbonyl (C=O) groups is 1. The van der Waals surface area contributed by atoms with Gasteiger partial charge in [-0.2, -0.15) is 0 Å². The van der Waals surface area contributed by atoms with Crippen LogP contribution in [0.3, 0.4) is 0 Å². The molecule has 2 heterocycles. The lowest BCUT2D eigenvalue weighted by molar-refractivity contribution is 0.0694. The Morgan fingerprint density at radius 3 is 2.78 bits per heavy atom. The summed E-state index contributed by atoms with van der Waals surface area (Å²) in [6.45, 7) is 1.16. The summed E-state index contributed by atoms with van der Waals surface area (Å²) in [6, 6.07) is 19.3. The Kier molecular flexibility index (Phi) is 6.16. The van der Waals surface area contributed by atoms with Gasteiger partial charge in [-0.3, -0.25) is 9.88 Å². The SMILES string of the molecule is O=C(O)c1ccc(C2=CCC(N3CCCC3c3ccccc3)CC2)cc1Oc1cnc2c(c1)C=CC2. The quantitative estimate of drug-likeness (QED) is 0.417. The Morgan fingerprint density at radius 2 is 1.97 bits per heavy atom. The summed E-state index contributed by atoms with van der Waals surface area (Å²) in [5.41, 5.74) is 5.92. The minimum atomic E-state index is -0.996. The van der Waals surface area contributed by atoms with Crippen LogP contribution in [-0.4, -0.2) is 33.5 Å². The molecule has 2 atom stereocenters. The van der Waals surface area contributed by atoms with Gasteiger partial charge in [-0.15, -0.1) is 0 Å². The lowest BCUT2D eigenvalue weighted by Gasteiger charge is -2.35. The number of rotatable bonds is 6. The molecule has 0 spiro atoms. The van der Waals surface area contributed by atoms with Crippen LogP contribution < -0.4 is 4.74 Å². The van der Waals surface area contributed by atoms with E-state index in [9.17, 15) is 9.90 Å². The maximum absolute atomic E-state index is 11.9. The highest BCUT2D eigenvalue weighted by Gasteiger charge is 2.32. The number of fused-ring (bicyclic) bond motifs is 1. The fourth-order valence-electron chi connectivity index (χ4n) is 5.91. The molecule has 0 bridgehead atoms. The van der Waals surface area contributed by atoms with Crippen molar-refractivity contribution < 1.29 is 14.6 Å². The first-order valence-corrected chi connectivity index (χ1v) is 12.9. The molecule has 2 unspecified atom stereocenters. The first kappa shape index (κ1) is 22.7. The van der Waals surface area contributed by atoms with Crippen molar-refractivity contribution in [3.8, 4) is 11.5 Å². The number of ether oxygens (including phenoxy) is 1. The van der Waals surface area contributed by atoms with Crippen LogP contribution >= 0.6 is 0 Å². The van der Waals surface area contributed by atoms with Crippen molar-refractivity contribution in [3.05, 3.63) is 101 Å². The lowest BCUT2D eigenvalue weighted by Crippen LogP contribution is -2.35. The monoisotopic (exact) mass is 478 g/mol. The molecule has 1 aliphatic heterocycles. The van der Waals surface area contributed by atoms with Crippen LogP contribution in [-0.2, 0) is 6.42 Å². The van der Waals surface area contributed by atoms with E-state index in [1.807, 2.05) is 24.3 Å². The predicted molar refractivity (Wildman–Crippen MR) is 141 cm³/mol. The summed E-state index contributed by atoms with van der Waals surface area (Å²) in [6.07, 6.45) is 14.5. The molecule has 2 aromatic carbocycles. The van der Waals surface area contributed by atoms with E-state index < -0.39 is 5.97 Å². The van der Waals surface area contributed by atoms with Gasteiger partial charge < -0.3 is 9.84 Å². The molecule has 1 aromatic heterocycles. The molecule has 0 saturated carbocycles. The predicted octanol–water partition coefficient (Wildman–Crippen LogP) is 6.91. The molecule has 1 N–H and O–H groups in total. The fourth-order valence-corrected chi connectivity index (χ4v) is 5.91. The molecule has 5 heteroatoms. The first-order valence-electron chi connectivity index (χ1n) is 12.9. The second-order valence-corrected chi connectivity index (χ2v) is 9.90. The molecule has 5 nitrogen and oxygen atoms in total. The highest BCUT2D eigenvalue weighted by molar-refractivity contribution is 5.91. The van der Waals surface area contributed by atoms with Gasteiger partial charge in [0, 0.05) is 18.5 Å². The van der Waals surface area contributed by atoms with E-state index >= 15 is 0 Å². The number of carboxylic acid groups (broad SMARTS) is 1. The smallest absolute Gasteiger partial charge is 0.339 e. The third-order valence-electron chi connectivity index (χ3n) is 7.73. The minimum Gasteiger partial charge on any atom is -0.478 e. The summed E-state index contributed by atoms with van der Waals surface area (Å²) in [5.74, 6) is -0.0849. The van der Waals surface area contributed by atoms with Gasteiger partial charge in [0.15, 0.2) is 0 Å². The summed E-state index contributed by atoms with van der Waals surface area (Å²) in [4.78, 5) is 19.1. The highest BCUT2D eigenvalue weighted by Crippen LogP contribution is 2.39. The van der Waals surface area contributed by atoms with E-state index in [0.29, 0.717) is 23.6 Å². The van der Waals surface area contributed by atoms with Crippen LogP contribution in [0.5, 0.6) is 11.5 Å². The van der Waals surface area contributed by atoms with Gasteiger partial charge in [0.1, 0.15) is 17.1 Å². The Labute approximate surface area is 211 Å². The van der Waals surface area contributed by atoms with E-state index in [0.717, 1.165) is 49.0 Å². The topological polar surface area (TPSA) is 62.7 Å². The average Bonchev–Trinajstić information content (AvgIpc) is 3.59. The van der Waals surface area contributed by atoms with E-state index in [1.165, 1.54) is 24.0 Å². The number of hydrogen-bond acceptors (Lipinski definition) is 4. The van der Waals surface area contributed by atoms with E-state index in [1.54, 1.807) is 12.3 Å². The molecule has 1 saturated heterocycles. The van der Waals surface area contributed by atoms with Crippen molar-refractivity contribution in [1.29, 1.82) is 0 Å². The van der Waals surface area contributed by atoms with Gasteiger partial charge in [0.05, 0.1) is 11.9 Å². The maximum Gasteiger partial charge on any atom is 0.339 e. The Bertz CT molecular complexity index is 1350. The first-order chi connectivity index (χ1) is 17.7. The number of nitrogens with zero attached hydrogens (tertiary/aromatic N) is 2. The van der Waals surface area contributed by atoms with Gasteiger partial charge in [-0.25, -0.2) is 4.79 Å². The zero-order chi connectivity index (χ0) is 24.5. The van der Waals surface area contributed by atoms with Gasteiger partial charge in [0.25, 0.3) is 0 Å². The number of pyridine rings is 1. The molecule has 1 fully saturated rings. The summed E-state index contributed by atoms with van der Waals surface area (Å²) in [5, 5.41) is 9.75. The molecule has 3 aliphatic rings. The normalized spacial score (nSPS) is 21.3. The maximum atomic E-state index is 11.9. The van der Waals surface area contributed by atoms with Crippen molar-refractivity contribution in [2.45, 2.75) is 50.6 Å². The van der Waals surface area contributed by atoms with Crippen molar-refractivity contribution >= 4 is 17.6 Å². The number of hydrogen-bond donors (Lipinski definition) is 1. The number of aromatic nitrogens is 1. The van der Waals surface area contributed by atoms with Gasteiger partial charge in [-0.1, -0.05) is 54.6 Å². The molecular formula is C31H30N2O3. The standard InChI is InChI=1S/C31H30N2O3/c34-31(35)27-16-13-23(19-30(27)36-26-18-24-8-4-9-28(24)32-20-26)21-11-14-25(15-12-21)33-17-5-10-29(33)22-6-2-1-3-7-22/h1-4,6-8,11,13,16,18-20,25,29H,5,9-10,12,14-15,17H2,(H,34,35). The van der Waals surface area contributed by atoms with Gasteiger partial charge in [-0.05, 0) is 79.1 Å². The number of benzene rings is 2.